The summed E-state index contributed by atoms with van der Waals surface area (Å²) in [5.74, 6) is -0.900. The number of halogens is 1. The van der Waals surface area contributed by atoms with Crippen LogP contribution in [-0.4, -0.2) is 31.0 Å². The summed E-state index contributed by atoms with van der Waals surface area (Å²) in [6.45, 7) is 0.193. The van der Waals surface area contributed by atoms with Crippen LogP contribution in [0.2, 0.25) is 0 Å². The number of carboxylic acid groups (broad SMARTS) is 1. The lowest BCUT2D eigenvalue weighted by Gasteiger charge is -2.02. The van der Waals surface area contributed by atoms with Crippen LogP contribution in [-0.2, 0) is 9.53 Å². The average molecular weight is 262 g/mol. The third-order valence-corrected chi connectivity index (χ3v) is 2.90. The van der Waals surface area contributed by atoms with E-state index in [1.54, 1.807) is 0 Å². The molecule has 0 aliphatic heterocycles. The van der Waals surface area contributed by atoms with E-state index in [-0.39, 0.29) is 13.3 Å². The van der Waals surface area contributed by atoms with E-state index < -0.39 is 5.97 Å². The first kappa shape index (κ1) is 17.4. The fourth-order valence-corrected chi connectivity index (χ4v) is 1.87. The first-order valence-electron chi connectivity index (χ1n) is 7.13. The van der Waals surface area contributed by atoms with Crippen molar-refractivity contribution in [3.05, 3.63) is 0 Å². The topological polar surface area (TPSA) is 46.5 Å². The minimum atomic E-state index is -0.900. The normalized spacial score (nSPS) is 10.7. The molecule has 0 saturated carbocycles. The van der Waals surface area contributed by atoms with E-state index in [0.717, 1.165) is 32.1 Å². The van der Waals surface area contributed by atoms with Crippen LogP contribution in [0.4, 0.5) is 4.39 Å². The van der Waals surface area contributed by atoms with Gasteiger partial charge >= 0.3 is 5.97 Å². The molecule has 0 rings (SSSR count). The Hall–Kier alpha value is -0.640. The van der Waals surface area contributed by atoms with Gasteiger partial charge in [0.1, 0.15) is 6.61 Å². The van der Waals surface area contributed by atoms with Crippen molar-refractivity contribution < 1.29 is 19.0 Å². The van der Waals surface area contributed by atoms with Crippen LogP contribution in [0.3, 0.4) is 0 Å². The lowest BCUT2D eigenvalue weighted by molar-refractivity contribution is -0.142. The van der Waals surface area contributed by atoms with Crippen molar-refractivity contribution in [1.29, 1.82) is 0 Å². The van der Waals surface area contributed by atoms with E-state index >= 15 is 0 Å². The van der Waals surface area contributed by atoms with Crippen LogP contribution in [0, 0.1) is 0 Å². The summed E-state index contributed by atoms with van der Waals surface area (Å²) in [6, 6.07) is 0. The largest absolute Gasteiger partial charge is 0.480 e. The van der Waals surface area contributed by atoms with Crippen molar-refractivity contribution in [1.82, 2.24) is 0 Å². The van der Waals surface area contributed by atoms with Gasteiger partial charge in [0.2, 0.25) is 0 Å². The van der Waals surface area contributed by atoms with Crippen molar-refractivity contribution in [3.8, 4) is 0 Å². The predicted molar refractivity (Wildman–Crippen MR) is 70.6 cm³/mol. The standard InChI is InChI=1S/C14H27FO3/c15-11-9-7-5-3-1-2-4-6-8-10-12-18-13-14(16)17/h1-13H2,(H,16,17). The Bertz CT molecular complexity index is 186. The Morgan fingerprint density at radius 1 is 0.833 bits per heavy atom. The molecule has 0 unspecified atom stereocenters. The van der Waals surface area contributed by atoms with E-state index in [1.165, 1.54) is 32.1 Å². The van der Waals surface area contributed by atoms with E-state index in [1.807, 2.05) is 0 Å². The quantitative estimate of drug-likeness (QED) is 0.482. The smallest absolute Gasteiger partial charge is 0.329 e. The van der Waals surface area contributed by atoms with Gasteiger partial charge in [0.05, 0.1) is 6.67 Å². The summed E-state index contributed by atoms with van der Waals surface area (Å²) in [6.07, 6.45) is 11.1. The van der Waals surface area contributed by atoms with Crippen LogP contribution in [0.25, 0.3) is 0 Å². The maximum Gasteiger partial charge on any atom is 0.329 e. The minimum absolute atomic E-state index is 0.177. The van der Waals surface area contributed by atoms with Gasteiger partial charge in [-0.2, -0.15) is 0 Å². The van der Waals surface area contributed by atoms with Gasteiger partial charge in [-0.3, -0.25) is 4.39 Å². The Labute approximate surface area is 110 Å². The number of ether oxygens (including phenoxy) is 1. The molecule has 18 heavy (non-hydrogen) atoms. The Balaban J connectivity index is 2.92. The Morgan fingerprint density at radius 2 is 1.28 bits per heavy atom. The summed E-state index contributed by atoms with van der Waals surface area (Å²) >= 11 is 0. The molecule has 0 fully saturated rings. The second kappa shape index (κ2) is 14.4. The third-order valence-electron chi connectivity index (χ3n) is 2.90. The highest BCUT2D eigenvalue weighted by atomic mass is 19.1. The Kier molecular flexibility index (Phi) is 13.9. The van der Waals surface area contributed by atoms with Gasteiger partial charge in [0, 0.05) is 6.61 Å². The number of rotatable bonds is 14. The second-order valence-electron chi connectivity index (χ2n) is 4.67. The van der Waals surface area contributed by atoms with Crippen molar-refractivity contribution in [3.63, 3.8) is 0 Å². The summed E-state index contributed by atoms with van der Waals surface area (Å²) in [5, 5.41) is 8.34. The molecule has 108 valence electrons. The highest BCUT2D eigenvalue weighted by Gasteiger charge is 1.96. The zero-order valence-corrected chi connectivity index (χ0v) is 11.3. The van der Waals surface area contributed by atoms with Gasteiger partial charge in [-0.05, 0) is 12.8 Å². The van der Waals surface area contributed by atoms with Gasteiger partial charge in [0.25, 0.3) is 0 Å². The lowest BCUT2D eigenvalue weighted by Crippen LogP contribution is -2.07. The fraction of sp³-hybridized carbons (Fsp3) is 0.929. The molecule has 0 radical (unpaired) electrons. The molecule has 0 heterocycles. The molecule has 0 atom stereocenters. The van der Waals surface area contributed by atoms with Crippen LogP contribution in [0.1, 0.15) is 64.2 Å². The van der Waals surface area contributed by atoms with Gasteiger partial charge in [0.15, 0.2) is 0 Å². The predicted octanol–water partition coefficient (Wildman–Crippen LogP) is 3.96. The molecule has 0 aromatic heterocycles. The zero-order chi connectivity index (χ0) is 13.5. The Morgan fingerprint density at radius 3 is 1.72 bits per heavy atom. The monoisotopic (exact) mass is 262 g/mol. The molecule has 0 aliphatic carbocycles. The molecule has 1 N–H and O–H groups in total. The summed E-state index contributed by atoms with van der Waals surface area (Å²) in [7, 11) is 0. The molecule has 0 spiro atoms. The van der Waals surface area contributed by atoms with Crippen molar-refractivity contribution in [2.24, 2.45) is 0 Å². The first-order chi connectivity index (χ1) is 8.77. The van der Waals surface area contributed by atoms with E-state index in [2.05, 4.69) is 0 Å². The molecule has 0 aliphatic rings. The molecule has 0 aromatic carbocycles. The molecule has 4 heteroatoms. The number of carbonyl (C=O) groups is 1. The molecule has 0 saturated heterocycles. The van der Waals surface area contributed by atoms with Crippen LogP contribution < -0.4 is 0 Å². The van der Waals surface area contributed by atoms with Crippen LogP contribution in [0.15, 0.2) is 0 Å². The number of hydrogen-bond acceptors (Lipinski definition) is 2. The number of aliphatic carboxylic acids is 1. The number of alkyl halides is 1. The maximum atomic E-state index is 11.8. The first-order valence-corrected chi connectivity index (χ1v) is 7.13. The molecule has 0 aromatic rings. The number of unbranched alkanes of at least 4 members (excludes halogenated alkanes) is 9. The highest BCUT2D eigenvalue weighted by Crippen LogP contribution is 2.10. The van der Waals surface area contributed by atoms with Gasteiger partial charge in [-0.15, -0.1) is 0 Å². The van der Waals surface area contributed by atoms with E-state index in [9.17, 15) is 9.18 Å². The molecule has 3 nitrogen and oxygen atoms in total. The summed E-state index contributed by atoms with van der Waals surface area (Å²) in [5.41, 5.74) is 0. The van der Waals surface area contributed by atoms with Crippen LogP contribution >= 0.6 is 0 Å². The van der Waals surface area contributed by atoms with Crippen LogP contribution in [0.5, 0.6) is 0 Å². The van der Waals surface area contributed by atoms with Gasteiger partial charge < -0.3 is 9.84 Å². The lowest BCUT2D eigenvalue weighted by atomic mass is 10.1. The van der Waals surface area contributed by atoms with E-state index in [0.29, 0.717) is 6.61 Å². The number of hydrogen-bond donors (Lipinski definition) is 1. The second-order valence-corrected chi connectivity index (χ2v) is 4.67. The maximum absolute atomic E-state index is 11.8. The van der Waals surface area contributed by atoms with Crippen molar-refractivity contribution >= 4 is 5.97 Å². The molecule has 0 bridgehead atoms. The fourth-order valence-electron chi connectivity index (χ4n) is 1.87. The zero-order valence-electron chi connectivity index (χ0n) is 11.3. The highest BCUT2D eigenvalue weighted by molar-refractivity contribution is 5.67. The van der Waals surface area contributed by atoms with Gasteiger partial charge in [-0.25, -0.2) is 4.79 Å². The molecular formula is C14H27FO3. The summed E-state index contributed by atoms with van der Waals surface area (Å²) < 4.78 is 16.7. The van der Waals surface area contributed by atoms with Gasteiger partial charge in [-0.1, -0.05) is 51.4 Å². The molecule has 0 amide bonds. The molecular weight excluding hydrogens is 235 g/mol. The third kappa shape index (κ3) is 15.4. The van der Waals surface area contributed by atoms with Crippen molar-refractivity contribution in [2.75, 3.05) is 19.9 Å². The van der Waals surface area contributed by atoms with Crippen molar-refractivity contribution in [2.45, 2.75) is 64.2 Å². The SMILES string of the molecule is O=C(O)COCCCCCCCCCCCCF. The average Bonchev–Trinajstić information content (AvgIpc) is 2.34. The number of carboxylic acids is 1. The summed E-state index contributed by atoms with van der Waals surface area (Å²) in [4.78, 5) is 10.2. The van der Waals surface area contributed by atoms with E-state index in [4.69, 9.17) is 9.84 Å². The minimum Gasteiger partial charge on any atom is -0.480 e.